The molecule has 1 fully saturated rings. The van der Waals surface area contributed by atoms with Crippen molar-refractivity contribution in [1.29, 1.82) is 0 Å². The summed E-state index contributed by atoms with van der Waals surface area (Å²) in [6, 6.07) is 48.0. The second-order valence-corrected chi connectivity index (χ2v) is 20.2. The van der Waals surface area contributed by atoms with Crippen LogP contribution in [0.25, 0.3) is 0 Å². The zero-order valence-electron chi connectivity index (χ0n) is 38.9. The molecular weight excluding hydrogens is 927 g/mol. The van der Waals surface area contributed by atoms with E-state index in [1.807, 2.05) is 152 Å². The molecule has 1 unspecified atom stereocenters. The van der Waals surface area contributed by atoms with Crippen LogP contribution in [0.4, 0.5) is 5.13 Å². The van der Waals surface area contributed by atoms with E-state index in [-0.39, 0.29) is 33.7 Å². The Labute approximate surface area is 415 Å². The maximum Gasteiger partial charge on any atom is 0.353 e. The molecule has 5 aromatic carbocycles. The number of nitrogens with zero attached hydrogens (tertiary/aromatic N) is 3. The molecule has 0 bridgehead atoms. The number of benzene rings is 5. The van der Waals surface area contributed by atoms with Crippen LogP contribution >= 0.6 is 35.3 Å². The van der Waals surface area contributed by atoms with Gasteiger partial charge in [0.2, 0.25) is 10.7 Å². The number of thiocarbonyl (C=S) groups is 1. The van der Waals surface area contributed by atoms with Gasteiger partial charge in [0.1, 0.15) is 40.1 Å². The van der Waals surface area contributed by atoms with E-state index < -0.39 is 52.0 Å². The molecule has 0 radical (unpaired) electrons. The Morgan fingerprint density at radius 1 is 0.768 bits per heavy atom. The highest BCUT2D eigenvalue weighted by atomic mass is 32.2. The van der Waals surface area contributed by atoms with Gasteiger partial charge in [0.15, 0.2) is 16.6 Å². The molecule has 15 heteroatoms. The molecule has 2 aliphatic rings. The number of rotatable bonds is 16. The number of ether oxygens (including phenoxy) is 2. The molecule has 2 N–H and O–H groups in total. The first kappa shape index (κ1) is 48.5. The average molecular weight is 978 g/mol. The number of esters is 1. The minimum absolute atomic E-state index is 0.0264. The lowest BCUT2D eigenvalue weighted by atomic mass is 9.77. The van der Waals surface area contributed by atoms with Crippen molar-refractivity contribution in [3.63, 3.8) is 0 Å². The number of amides is 2. The molecule has 352 valence electrons. The molecule has 3 heterocycles. The van der Waals surface area contributed by atoms with Crippen molar-refractivity contribution in [2.45, 2.75) is 75.8 Å². The maximum absolute atomic E-state index is 14.7. The molecule has 69 heavy (non-hydrogen) atoms. The highest BCUT2D eigenvalue weighted by molar-refractivity contribution is 8.00. The second-order valence-electron chi connectivity index (χ2n) is 17.9. The Bertz CT molecular complexity index is 2770. The van der Waals surface area contributed by atoms with E-state index >= 15 is 0 Å². The molecule has 6 aromatic rings. The average Bonchev–Trinajstić information content (AvgIpc) is 3.82. The van der Waals surface area contributed by atoms with E-state index in [2.05, 4.69) is 15.8 Å². The Morgan fingerprint density at radius 3 is 1.74 bits per heavy atom. The summed E-state index contributed by atoms with van der Waals surface area (Å²) in [5.74, 6) is -2.06. The van der Waals surface area contributed by atoms with Gasteiger partial charge < -0.3 is 24.9 Å². The van der Waals surface area contributed by atoms with Crippen molar-refractivity contribution in [2.75, 3.05) is 11.1 Å². The highest BCUT2D eigenvalue weighted by Gasteiger charge is 2.55. The van der Waals surface area contributed by atoms with Crippen LogP contribution < -0.4 is 10.6 Å². The van der Waals surface area contributed by atoms with Crippen molar-refractivity contribution >= 4 is 74.8 Å². The number of thioether (sulfide) groups is 1. The molecule has 0 spiro atoms. The van der Waals surface area contributed by atoms with Crippen LogP contribution in [-0.4, -0.2) is 72.6 Å². The Morgan fingerprint density at radius 2 is 1.26 bits per heavy atom. The fourth-order valence-electron chi connectivity index (χ4n) is 8.02. The molecule has 1 saturated heterocycles. The first-order valence-electron chi connectivity index (χ1n) is 22.3. The van der Waals surface area contributed by atoms with Gasteiger partial charge in [-0.2, -0.15) is 0 Å². The Balaban J connectivity index is 1.11. The van der Waals surface area contributed by atoms with Gasteiger partial charge in [0.05, 0.1) is 0 Å². The summed E-state index contributed by atoms with van der Waals surface area (Å²) in [6.45, 7) is 9.60. The number of anilines is 1. The van der Waals surface area contributed by atoms with E-state index in [1.54, 1.807) is 26.2 Å². The summed E-state index contributed by atoms with van der Waals surface area (Å²) in [5, 5.41) is 12.3. The predicted molar refractivity (Wildman–Crippen MR) is 274 cm³/mol. The lowest BCUT2D eigenvalue weighted by Crippen LogP contribution is -2.71. The van der Waals surface area contributed by atoms with Gasteiger partial charge >= 0.3 is 5.97 Å². The molecule has 12 nitrogen and oxygen atoms in total. The van der Waals surface area contributed by atoms with Crippen LogP contribution in [0.5, 0.6) is 0 Å². The highest BCUT2D eigenvalue weighted by Crippen LogP contribution is 2.43. The number of hydrogen-bond acceptors (Lipinski definition) is 13. The van der Waals surface area contributed by atoms with Crippen LogP contribution in [0, 0.1) is 0 Å². The molecule has 2 amide bonds. The molecule has 0 aliphatic carbocycles. The standard InChI is InChI=1S/C54H51N5O7S3/c1-34(60)40-32-68-48-43(47(62)59(48)44(40)49(67)64-45(35-22-12-7-13-23-35)36-24-14-8-15-25-36)56-46(61)42(58-66-53(5,6)50(63)65-52(2,3)4)41-33-69-51(55-41)57-54(37-26-16-9-17-27-37,38-28-18-10-19-29-38)39-30-20-11-21-31-39/h7-31,33,43,45,48H,32H2,1-6H3,(H,55,57)(H,56,61)/b58-42-/t43?,48-/m1/s1. The van der Waals surface area contributed by atoms with E-state index in [4.69, 9.17) is 31.5 Å². The fourth-order valence-corrected chi connectivity index (χ4v) is 10.5. The van der Waals surface area contributed by atoms with Crippen LogP contribution in [-0.2, 0) is 39.0 Å². The summed E-state index contributed by atoms with van der Waals surface area (Å²) in [6.07, 6.45) is -0.639. The smallest absolute Gasteiger partial charge is 0.353 e. The molecule has 2 atom stereocenters. The minimum atomic E-state index is -1.64. The number of oxime groups is 1. The monoisotopic (exact) mass is 977 g/mol. The van der Waals surface area contributed by atoms with Crippen molar-refractivity contribution in [3.8, 4) is 0 Å². The summed E-state index contributed by atoms with van der Waals surface area (Å²) in [4.78, 5) is 67.8. The van der Waals surface area contributed by atoms with E-state index in [1.165, 1.54) is 48.8 Å². The number of thiazole rings is 1. The minimum Gasteiger partial charge on any atom is -0.469 e. The van der Waals surface area contributed by atoms with Gasteiger partial charge in [0, 0.05) is 16.7 Å². The third-order valence-electron chi connectivity index (χ3n) is 11.4. The van der Waals surface area contributed by atoms with Crippen molar-refractivity contribution in [3.05, 3.63) is 202 Å². The van der Waals surface area contributed by atoms with Gasteiger partial charge in [0.25, 0.3) is 11.8 Å². The van der Waals surface area contributed by atoms with E-state index in [9.17, 15) is 19.2 Å². The number of nitrogens with one attached hydrogen (secondary N) is 2. The van der Waals surface area contributed by atoms with Gasteiger partial charge in [-0.15, -0.1) is 23.1 Å². The van der Waals surface area contributed by atoms with Crippen molar-refractivity contribution in [2.24, 2.45) is 5.16 Å². The third-order valence-corrected chi connectivity index (χ3v) is 13.8. The zero-order valence-corrected chi connectivity index (χ0v) is 41.3. The first-order chi connectivity index (χ1) is 33.1. The molecular formula is C54H51N5O7S3. The summed E-state index contributed by atoms with van der Waals surface area (Å²) >= 11 is 8.50. The summed E-state index contributed by atoms with van der Waals surface area (Å²) in [7, 11) is 0. The van der Waals surface area contributed by atoms with Gasteiger partial charge in [-0.05, 0) is 81.6 Å². The second kappa shape index (κ2) is 20.3. The van der Waals surface area contributed by atoms with E-state index in [0.29, 0.717) is 10.7 Å². The van der Waals surface area contributed by atoms with Crippen LogP contribution in [0.15, 0.2) is 173 Å². The Hall–Kier alpha value is -6.94. The van der Waals surface area contributed by atoms with Crippen molar-refractivity contribution < 1.29 is 33.5 Å². The number of fused-ring (bicyclic) bond motifs is 1. The lowest BCUT2D eigenvalue weighted by molar-refractivity contribution is -0.179. The van der Waals surface area contributed by atoms with Crippen molar-refractivity contribution in [1.82, 2.24) is 15.2 Å². The summed E-state index contributed by atoms with van der Waals surface area (Å²) < 4.78 is 12.2. The normalized spacial score (nSPS) is 16.2. The van der Waals surface area contributed by atoms with Crippen LogP contribution in [0.2, 0.25) is 0 Å². The van der Waals surface area contributed by atoms with E-state index in [0.717, 1.165) is 27.8 Å². The molecule has 1 aromatic heterocycles. The summed E-state index contributed by atoms with van der Waals surface area (Å²) in [5.41, 5.74) is 1.40. The number of carbonyl (C=O) groups is 4. The number of ketones is 1. The number of β-lactam (4-membered cyclic amide) rings is 1. The van der Waals surface area contributed by atoms with Gasteiger partial charge in [-0.25, -0.2) is 9.78 Å². The maximum atomic E-state index is 14.7. The topological polar surface area (TPSA) is 149 Å². The SMILES string of the molecule is CC(=O)C1=C(C(=S)OC(c2ccccc2)c2ccccc2)N2C(=O)C(NC(=O)/C(=N\OC(C)(C)C(=O)OC(C)(C)C)c3csc(NC(c4ccccc4)(c4ccccc4)c4ccccc4)n3)[C@H]2SC1. The quantitative estimate of drug-likeness (QED) is 0.0239. The number of hydrogen-bond donors (Lipinski definition) is 2. The number of Topliss-reactive ketones (excluding diaryl/α,β-unsaturated/α-hetero) is 1. The predicted octanol–water partition coefficient (Wildman–Crippen LogP) is 9.76. The van der Waals surface area contributed by atoms with Gasteiger partial charge in [-0.3, -0.25) is 19.3 Å². The number of carbonyl (C=O) groups excluding carboxylic acids is 4. The lowest BCUT2D eigenvalue weighted by Gasteiger charge is -2.50. The van der Waals surface area contributed by atoms with Crippen LogP contribution in [0.1, 0.15) is 81.2 Å². The third kappa shape index (κ3) is 10.4. The van der Waals surface area contributed by atoms with Crippen LogP contribution in [0.3, 0.4) is 0 Å². The van der Waals surface area contributed by atoms with Gasteiger partial charge in [-0.1, -0.05) is 157 Å². The molecule has 2 aliphatic heterocycles. The molecule has 0 saturated carbocycles. The number of aromatic nitrogens is 1. The first-order valence-corrected chi connectivity index (χ1v) is 24.6. The Kier molecular flexibility index (Phi) is 14.3. The largest absolute Gasteiger partial charge is 0.469 e. The molecule has 8 rings (SSSR count). The fraction of sp³-hybridized carbons (Fsp3) is 0.241. The zero-order chi connectivity index (χ0) is 48.9.